The summed E-state index contributed by atoms with van der Waals surface area (Å²) in [5.41, 5.74) is 2.72. The molecule has 2 heterocycles. The number of nitrogens with zero attached hydrogens (tertiary/aromatic N) is 5. The highest BCUT2D eigenvalue weighted by molar-refractivity contribution is 7.89. The van der Waals surface area contributed by atoms with Crippen molar-refractivity contribution in [3.8, 4) is 0 Å². The predicted molar refractivity (Wildman–Crippen MR) is 206 cm³/mol. The number of sulfonamides is 1. The Balaban J connectivity index is 1.42. The van der Waals surface area contributed by atoms with Gasteiger partial charge in [-0.1, -0.05) is 99.9 Å². The number of amides is 1. The quantitative estimate of drug-likeness (QED) is 0.0682. The van der Waals surface area contributed by atoms with Crippen LogP contribution in [0.2, 0.25) is 0 Å². The number of aliphatic hydroxyl groups excluding tert-OH is 1. The van der Waals surface area contributed by atoms with Gasteiger partial charge in [0.2, 0.25) is 15.9 Å². The van der Waals surface area contributed by atoms with Gasteiger partial charge in [0.1, 0.15) is 6.04 Å². The lowest BCUT2D eigenvalue weighted by Crippen LogP contribution is -2.53. The highest BCUT2D eigenvalue weighted by Crippen LogP contribution is 2.23. The van der Waals surface area contributed by atoms with E-state index in [1.54, 1.807) is 23.2 Å². The SMILES string of the molecule is CC[C@H](C)[C@@H](C(=O)N[C@@H](Cc1ccccc1)[C@H](O)CN(CC(C)C)S(=O)(=O)c1ccc(/C=N/O)cc1)n1ccn(Cc2ccc3cccnc3c2)c1=O. The van der Waals surface area contributed by atoms with Crippen LogP contribution in [0.1, 0.15) is 56.8 Å². The number of hydrogen-bond donors (Lipinski definition) is 3. The third kappa shape index (κ3) is 9.66. The first-order valence-corrected chi connectivity index (χ1v) is 19.3. The zero-order chi connectivity index (χ0) is 38.1. The zero-order valence-corrected chi connectivity index (χ0v) is 31.3. The summed E-state index contributed by atoms with van der Waals surface area (Å²) in [7, 11) is -4.07. The monoisotopic (exact) mass is 740 g/mol. The average molecular weight is 741 g/mol. The van der Waals surface area contributed by atoms with Crippen LogP contribution in [0.15, 0.2) is 118 Å². The maximum absolute atomic E-state index is 14.3. The molecule has 0 spiro atoms. The molecule has 2 aromatic heterocycles. The lowest BCUT2D eigenvalue weighted by Gasteiger charge is -2.32. The summed E-state index contributed by atoms with van der Waals surface area (Å²) in [4.78, 5) is 32.6. The second-order valence-electron chi connectivity index (χ2n) is 13.9. The Morgan fingerprint density at radius 3 is 2.38 bits per heavy atom. The highest BCUT2D eigenvalue weighted by atomic mass is 32.2. The molecule has 5 aromatic rings. The topological polar surface area (TPSA) is 159 Å². The lowest BCUT2D eigenvalue weighted by molar-refractivity contribution is -0.127. The molecule has 1 amide bonds. The number of pyridine rings is 1. The molecule has 0 unspecified atom stereocenters. The molecule has 12 nitrogen and oxygen atoms in total. The molecule has 0 radical (unpaired) electrons. The van der Waals surface area contributed by atoms with Crippen LogP contribution in [0.25, 0.3) is 10.9 Å². The van der Waals surface area contributed by atoms with Gasteiger partial charge in [0, 0.05) is 37.1 Å². The standard InChI is InChI=1S/C40H48N6O6S/c1-5-29(4)38(46-21-20-44(40(46)49)26-32-13-16-33-12-9-19-41-35(33)23-32)39(48)43-36(22-30-10-7-6-8-11-30)37(47)27-45(25-28(2)3)53(51,52)34-17-14-31(15-18-34)24-42-50/h6-21,23-24,28-29,36-38,47,50H,5,22,25-27H2,1-4H3,(H,43,48)/b42-24+/t29-,36-,37+,38-/m0/s1. The van der Waals surface area contributed by atoms with Gasteiger partial charge in [-0.3, -0.25) is 18.9 Å². The number of aromatic nitrogens is 3. The van der Waals surface area contributed by atoms with E-state index in [-0.39, 0.29) is 41.9 Å². The molecular formula is C40H48N6O6S. The van der Waals surface area contributed by atoms with Crippen LogP contribution in [0.3, 0.4) is 0 Å². The number of rotatable bonds is 17. The van der Waals surface area contributed by atoms with E-state index in [0.29, 0.717) is 18.5 Å². The van der Waals surface area contributed by atoms with E-state index in [0.717, 1.165) is 22.0 Å². The smallest absolute Gasteiger partial charge is 0.329 e. The number of benzene rings is 3. The van der Waals surface area contributed by atoms with E-state index in [2.05, 4.69) is 15.5 Å². The van der Waals surface area contributed by atoms with Gasteiger partial charge >= 0.3 is 5.69 Å². The number of aliphatic hydroxyl groups is 1. The minimum atomic E-state index is -4.07. The zero-order valence-electron chi connectivity index (χ0n) is 30.5. The fraction of sp³-hybridized carbons (Fsp3) is 0.350. The molecule has 0 fully saturated rings. The van der Waals surface area contributed by atoms with Crippen LogP contribution < -0.4 is 11.0 Å². The van der Waals surface area contributed by atoms with E-state index in [1.165, 1.54) is 39.4 Å². The normalized spacial score (nSPS) is 14.5. The Morgan fingerprint density at radius 2 is 1.70 bits per heavy atom. The van der Waals surface area contributed by atoms with Gasteiger partial charge in [-0.05, 0) is 59.2 Å². The van der Waals surface area contributed by atoms with E-state index in [1.807, 2.05) is 88.4 Å². The number of hydrogen-bond acceptors (Lipinski definition) is 8. The van der Waals surface area contributed by atoms with Crippen LogP contribution in [0, 0.1) is 11.8 Å². The van der Waals surface area contributed by atoms with Crippen molar-refractivity contribution in [3.05, 3.63) is 131 Å². The number of imidazole rings is 1. The Bertz CT molecular complexity index is 2170. The van der Waals surface area contributed by atoms with Gasteiger partial charge in [0.25, 0.3) is 0 Å². The molecule has 3 N–H and O–H groups in total. The van der Waals surface area contributed by atoms with E-state index < -0.39 is 34.1 Å². The van der Waals surface area contributed by atoms with Crippen LogP contribution >= 0.6 is 0 Å². The largest absolute Gasteiger partial charge is 0.411 e. The molecule has 4 atom stereocenters. The van der Waals surface area contributed by atoms with Crippen LogP contribution in [0.5, 0.6) is 0 Å². The summed E-state index contributed by atoms with van der Waals surface area (Å²) in [6, 6.07) is 23.2. The van der Waals surface area contributed by atoms with Gasteiger partial charge in [0.15, 0.2) is 0 Å². The molecule has 3 aromatic carbocycles. The molecular weight excluding hydrogens is 693 g/mol. The number of oxime groups is 1. The molecule has 0 aliphatic carbocycles. The van der Waals surface area contributed by atoms with Crippen LogP contribution in [0.4, 0.5) is 0 Å². The Labute approximate surface area is 310 Å². The first kappa shape index (κ1) is 39.1. The Hall–Kier alpha value is -5.11. The molecule has 0 saturated carbocycles. The minimum Gasteiger partial charge on any atom is -0.411 e. The number of nitrogens with one attached hydrogen (secondary N) is 1. The van der Waals surface area contributed by atoms with Crippen molar-refractivity contribution in [2.75, 3.05) is 13.1 Å². The van der Waals surface area contributed by atoms with Crippen molar-refractivity contribution in [1.82, 2.24) is 23.7 Å². The lowest BCUT2D eigenvalue weighted by atomic mass is 9.96. The fourth-order valence-electron chi connectivity index (χ4n) is 6.42. The third-order valence-corrected chi connectivity index (χ3v) is 11.3. The van der Waals surface area contributed by atoms with Gasteiger partial charge in [0.05, 0.1) is 35.3 Å². The van der Waals surface area contributed by atoms with E-state index in [9.17, 15) is 23.1 Å². The van der Waals surface area contributed by atoms with Gasteiger partial charge < -0.3 is 15.6 Å². The number of carbonyl (C=O) groups is 1. The van der Waals surface area contributed by atoms with Crippen molar-refractivity contribution in [2.24, 2.45) is 17.0 Å². The summed E-state index contributed by atoms with van der Waals surface area (Å²) in [5.74, 6) is -0.774. The molecule has 0 aliphatic rings. The maximum atomic E-state index is 14.3. The van der Waals surface area contributed by atoms with Crippen molar-refractivity contribution in [1.29, 1.82) is 0 Å². The minimum absolute atomic E-state index is 0.0183. The van der Waals surface area contributed by atoms with Crippen LogP contribution in [-0.2, 0) is 27.8 Å². The van der Waals surface area contributed by atoms with Gasteiger partial charge in [-0.15, -0.1) is 0 Å². The Kier molecular flexibility index (Phi) is 13.0. The van der Waals surface area contributed by atoms with E-state index >= 15 is 0 Å². The predicted octanol–water partition coefficient (Wildman–Crippen LogP) is 5.08. The first-order valence-electron chi connectivity index (χ1n) is 17.8. The third-order valence-electron chi connectivity index (χ3n) is 9.42. The molecule has 280 valence electrons. The summed E-state index contributed by atoms with van der Waals surface area (Å²) >= 11 is 0. The summed E-state index contributed by atoms with van der Waals surface area (Å²) < 4.78 is 32.1. The van der Waals surface area contributed by atoms with Crippen molar-refractivity contribution < 1.29 is 23.5 Å². The molecule has 0 saturated heterocycles. The second-order valence-corrected chi connectivity index (χ2v) is 15.8. The Morgan fingerprint density at radius 1 is 0.962 bits per heavy atom. The molecule has 5 rings (SSSR count). The van der Waals surface area contributed by atoms with Crippen molar-refractivity contribution in [2.45, 2.75) is 70.2 Å². The van der Waals surface area contributed by atoms with E-state index in [4.69, 9.17) is 5.21 Å². The molecule has 13 heteroatoms. The average Bonchev–Trinajstić information content (AvgIpc) is 3.49. The fourth-order valence-corrected chi connectivity index (χ4v) is 8.05. The number of fused-ring (bicyclic) bond motifs is 1. The maximum Gasteiger partial charge on any atom is 0.329 e. The van der Waals surface area contributed by atoms with Crippen molar-refractivity contribution >= 4 is 33.0 Å². The van der Waals surface area contributed by atoms with Gasteiger partial charge in [-0.25, -0.2) is 13.2 Å². The van der Waals surface area contributed by atoms with Crippen molar-refractivity contribution in [3.63, 3.8) is 0 Å². The van der Waals surface area contributed by atoms with Crippen LogP contribution in [-0.4, -0.2) is 74.5 Å². The summed E-state index contributed by atoms with van der Waals surface area (Å²) in [5, 5.41) is 27.7. The molecule has 53 heavy (non-hydrogen) atoms. The number of carbonyl (C=O) groups excluding carboxylic acids is 1. The van der Waals surface area contributed by atoms with Gasteiger partial charge in [-0.2, -0.15) is 4.31 Å². The summed E-state index contributed by atoms with van der Waals surface area (Å²) in [6.45, 7) is 7.75. The first-order chi connectivity index (χ1) is 25.4. The highest BCUT2D eigenvalue weighted by Gasteiger charge is 2.34. The molecule has 0 aliphatic heterocycles. The second kappa shape index (κ2) is 17.6. The molecule has 0 bridgehead atoms. The summed E-state index contributed by atoms with van der Waals surface area (Å²) in [6.07, 6.45) is 5.72.